The van der Waals surface area contributed by atoms with Crippen LogP contribution < -0.4 is 10.6 Å². The van der Waals surface area contributed by atoms with E-state index in [2.05, 4.69) is 51.0 Å². The van der Waals surface area contributed by atoms with Crippen LogP contribution in [0.2, 0.25) is 0 Å². The van der Waals surface area contributed by atoms with Gasteiger partial charge in [-0.1, -0.05) is 102 Å². The summed E-state index contributed by atoms with van der Waals surface area (Å²) >= 11 is 0. The Balaban J connectivity index is 1.34. The monoisotopic (exact) mass is 646 g/mol. The molecule has 248 valence electrons. The minimum absolute atomic E-state index is 0.154. The fourth-order valence-electron chi connectivity index (χ4n) is 6.35. The van der Waals surface area contributed by atoms with Crippen molar-refractivity contribution in [2.75, 3.05) is 13.1 Å². The van der Waals surface area contributed by atoms with Gasteiger partial charge in [-0.2, -0.15) is 0 Å². The molecule has 10 nitrogen and oxygen atoms in total. The molecule has 0 spiro atoms. The van der Waals surface area contributed by atoms with E-state index in [1.165, 1.54) is 6.92 Å². The zero-order valence-corrected chi connectivity index (χ0v) is 27.2. The van der Waals surface area contributed by atoms with Crippen LogP contribution in [0.1, 0.15) is 42.9 Å². The van der Waals surface area contributed by atoms with Crippen LogP contribution in [-0.4, -0.2) is 59.9 Å². The van der Waals surface area contributed by atoms with Crippen LogP contribution in [-0.2, 0) is 38.6 Å². The molecule has 2 N–H and O–H groups in total. The van der Waals surface area contributed by atoms with E-state index in [0.29, 0.717) is 39.0 Å². The van der Waals surface area contributed by atoms with Crippen LogP contribution in [0.15, 0.2) is 108 Å². The van der Waals surface area contributed by atoms with Gasteiger partial charge in [-0.15, -0.1) is 0 Å². The highest BCUT2D eigenvalue weighted by atomic mass is 16.5. The number of hydrogen-bond donors (Lipinski definition) is 2. The SMILES string of the molecule is CC(=O)N[C@H](Cc1ccccc1)C(=O)N[C@H](Cc1ccccc1)C(=O)N1C[C@H](OCc2ccc3ccccc3c2)C[C@@H]1CCCN=[N+]=[N-]. The maximum absolute atomic E-state index is 14.4. The highest BCUT2D eigenvalue weighted by Crippen LogP contribution is 2.27. The van der Waals surface area contributed by atoms with Gasteiger partial charge in [0.1, 0.15) is 12.1 Å². The molecule has 1 fully saturated rings. The Morgan fingerprint density at radius 3 is 2.17 bits per heavy atom. The molecule has 1 saturated heterocycles. The van der Waals surface area contributed by atoms with Crippen LogP contribution >= 0.6 is 0 Å². The molecule has 0 radical (unpaired) electrons. The van der Waals surface area contributed by atoms with E-state index in [4.69, 9.17) is 10.3 Å². The number of hydrogen-bond acceptors (Lipinski definition) is 5. The van der Waals surface area contributed by atoms with Crippen molar-refractivity contribution in [1.82, 2.24) is 15.5 Å². The minimum atomic E-state index is -0.870. The van der Waals surface area contributed by atoms with E-state index in [1.807, 2.05) is 77.7 Å². The zero-order valence-electron chi connectivity index (χ0n) is 27.2. The molecule has 3 amide bonds. The summed E-state index contributed by atoms with van der Waals surface area (Å²) in [6.45, 7) is 2.49. The van der Waals surface area contributed by atoms with Gasteiger partial charge in [0.25, 0.3) is 0 Å². The van der Waals surface area contributed by atoms with Crippen molar-refractivity contribution < 1.29 is 19.1 Å². The van der Waals surface area contributed by atoms with Gasteiger partial charge in [0.15, 0.2) is 0 Å². The first-order chi connectivity index (χ1) is 23.4. The number of likely N-dealkylation sites (tertiary alicyclic amines) is 1. The molecule has 1 heterocycles. The number of azide groups is 1. The van der Waals surface area contributed by atoms with Crippen molar-refractivity contribution in [3.8, 4) is 0 Å². The standard InChI is InChI=1S/C38H42N6O4/c1-27(45)41-35(22-28-11-4-2-5-12-28)37(46)42-36(23-29-13-6-3-7-14-29)38(47)44-25-34(24-33(44)17-10-20-40-43-39)48-26-30-18-19-31-15-8-9-16-32(31)21-30/h2-9,11-16,18-19,21,33-36H,10,17,20,22-26H2,1H3,(H,41,45)(H,42,46)/t33-,34+,35+,36+/m0/s1. The summed E-state index contributed by atoms with van der Waals surface area (Å²) in [5.74, 6) is -0.964. The number of amides is 3. The maximum Gasteiger partial charge on any atom is 0.245 e. The summed E-state index contributed by atoms with van der Waals surface area (Å²) in [7, 11) is 0. The Labute approximate surface area is 281 Å². The molecular weight excluding hydrogens is 604 g/mol. The fourth-order valence-corrected chi connectivity index (χ4v) is 6.35. The third-order valence-electron chi connectivity index (χ3n) is 8.69. The molecule has 1 aliphatic heterocycles. The summed E-state index contributed by atoms with van der Waals surface area (Å²) < 4.78 is 6.39. The molecule has 1 aliphatic rings. The second kappa shape index (κ2) is 17.1. The summed E-state index contributed by atoms with van der Waals surface area (Å²) in [6.07, 6.45) is 2.25. The van der Waals surface area contributed by atoms with Gasteiger partial charge in [0, 0.05) is 43.8 Å². The normalized spacial score (nSPS) is 16.9. The predicted molar refractivity (Wildman–Crippen MR) is 186 cm³/mol. The van der Waals surface area contributed by atoms with Crippen molar-refractivity contribution in [3.05, 3.63) is 130 Å². The summed E-state index contributed by atoms with van der Waals surface area (Å²) in [5.41, 5.74) is 11.6. The molecule has 0 saturated carbocycles. The lowest BCUT2D eigenvalue weighted by atomic mass is 10.0. The van der Waals surface area contributed by atoms with Gasteiger partial charge in [-0.05, 0) is 58.3 Å². The van der Waals surface area contributed by atoms with Crippen LogP contribution in [0.4, 0.5) is 0 Å². The lowest BCUT2D eigenvalue weighted by molar-refractivity contribution is -0.138. The van der Waals surface area contributed by atoms with Gasteiger partial charge in [0.2, 0.25) is 17.7 Å². The lowest BCUT2D eigenvalue weighted by Crippen LogP contribution is -2.56. The van der Waals surface area contributed by atoms with Crippen molar-refractivity contribution >= 4 is 28.5 Å². The molecule has 10 heteroatoms. The summed E-state index contributed by atoms with van der Waals surface area (Å²) in [6, 6.07) is 31.6. The van der Waals surface area contributed by atoms with Crippen LogP contribution in [0, 0.1) is 0 Å². The number of ether oxygens (including phenoxy) is 1. The fraction of sp³-hybridized carbons (Fsp3) is 0.342. The van der Waals surface area contributed by atoms with Gasteiger partial charge < -0.3 is 20.3 Å². The molecule has 0 aliphatic carbocycles. The van der Waals surface area contributed by atoms with E-state index < -0.39 is 18.0 Å². The predicted octanol–water partition coefficient (Wildman–Crippen LogP) is 5.89. The van der Waals surface area contributed by atoms with Gasteiger partial charge in [-0.3, -0.25) is 14.4 Å². The Kier molecular flexibility index (Phi) is 12.2. The smallest absolute Gasteiger partial charge is 0.245 e. The Morgan fingerprint density at radius 1 is 0.854 bits per heavy atom. The van der Waals surface area contributed by atoms with Gasteiger partial charge in [0.05, 0.1) is 12.7 Å². The lowest BCUT2D eigenvalue weighted by Gasteiger charge is -2.30. The van der Waals surface area contributed by atoms with Crippen LogP contribution in [0.5, 0.6) is 0 Å². The molecule has 4 atom stereocenters. The molecule has 4 aromatic rings. The van der Waals surface area contributed by atoms with Gasteiger partial charge in [-0.25, -0.2) is 0 Å². The van der Waals surface area contributed by atoms with Gasteiger partial charge >= 0.3 is 0 Å². The minimum Gasteiger partial charge on any atom is -0.372 e. The molecule has 4 aromatic carbocycles. The average Bonchev–Trinajstić information content (AvgIpc) is 3.51. The molecule has 5 rings (SSSR count). The number of benzene rings is 4. The van der Waals surface area contributed by atoms with Crippen LogP contribution in [0.3, 0.4) is 0 Å². The van der Waals surface area contributed by atoms with Crippen molar-refractivity contribution in [2.24, 2.45) is 5.11 Å². The number of carbonyl (C=O) groups excluding carboxylic acids is 3. The third kappa shape index (κ3) is 9.67. The molecular formula is C38H42N6O4. The summed E-state index contributed by atoms with van der Waals surface area (Å²) in [5, 5.41) is 11.8. The quantitative estimate of drug-likeness (QED) is 0.0720. The molecule has 0 aromatic heterocycles. The number of nitrogens with one attached hydrogen (secondary N) is 2. The number of rotatable bonds is 15. The van der Waals surface area contributed by atoms with E-state index in [9.17, 15) is 14.4 Å². The average molecular weight is 647 g/mol. The number of fused-ring (bicyclic) bond motifs is 1. The van der Waals surface area contributed by atoms with Crippen molar-refractivity contribution in [2.45, 2.75) is 69.9 Å². The first kappa shape index (κ1) is 34.2. The number of nitrogens with zero attached hydrogens (tertiary/aromatic N) is 4. The largest absolute Gasteiger partial charge is 0.372 e. The zero-order chi connectivity index (χ0) is 33.7. The van der Waals surface area contributed by atoms with E-state index in [1.54, 1.807) is 0 Å². The first-order valence-electron chi connectivity index (χ1n) is 16.5. The highest BCUT2D eigenvalue weighted by Gasteiger charge is 2.39. The maximum atomic E-state index is 14.4. The second-order valence-corrected chi connectivity index (χ2v) is 12.3. The van der Waals surface area contributed by atoms with Crippen LogP contribution in [0.25, 0.3) is 21.2 Å². The van der Waals surface area contributed by atoms with Crippen molar-refractivity contribution in [1.29, 1.82) is 0 Å². The topological polar surface area (TPSA) is 137 Å². The third-order valence-corrected chi connectivity index (χ3v) is 8.69. The van der Waals surface area contributed by atoms with E-state index in [0.717, 1.165) is 27.5 Å². The Hall–Kier alpha value is -5.18. The Bertz CT molecular complexity index is 1730. The van der Waals surface area contributed by atoms with Crippen molar-refractivity contribution in [3.63, 3.8) is 0 Å². The summed E-state index contributed by atoms with van der Waals surface area (Å²) in [4.78, 5) is 45.0. The molecule has 0 bridgehead atoms. The highest BCUT2D eigenvalue weighted by molar-refractivity contribution is 5.92. The second-order valence-electron chi connectivity index (χ2n) is 12.3. The van der Waals surface area contributed by atoms with E-state index in [-0.39, 0.29) is 36.8 Å². The first-order valence-corrected chi connectivity index (χ1v) is 16.5. The molecule has 48 heavy (non-hydrogen) atoms. The van der Waals surface area contributed by atoms with E-state index >= 15 is 0 Å². The number of carbonyl (C=O) groups is 3. The Morgan fingerprint density at radius 2 is 1.50 bits per heavy atom. The molecule has 0 unspecified atom stereocenters.